The average Bonchev–Trinajstić information content (AvgIpc) is 2.21. The fraction of sp³-hybridized carbons (Fsp3) is 0.333. The van der Waals surface area contributed by atoms with E-state index in [1.54, 1.807) is 0 Å². The minimum atomic E-state index is 0. The summed E-state index contributed by atoms with van der Waals surface area (Å²) < 4.78 is 0. The molecule has 0 heterocycles. The quantitative estimate of drug-likeness (QED) is 0.797. The summed E-state index contributed by atoms with van der Waals surface area (Å²) in [6.07, 6.45) is 0.727. The summed E-state index contributed by atoms with van der Waals surface area (Å²) in [5.74, 6) is 2.02. The van der Waals surface area contributed by atoms with E-state index in [1.165, 1.54) is 0 Å². The summed E-state index contributed by atoms with van der Waals surface area (Å²) in [4.78, 5) is 10.8. The van der Waals surface area contributed by atoms with Gasteiger partial charge in [-0.2, -0.15) is 0 Å². The summed E-state index contributed by atoms with van der Waals surface area (Å²) in [6.45, 7) is 2.81. The van der Waals surface area contributed by atoms with Crippen molar-refractivity contribution in [3.63, 3.8) is 0 Å². The van der Waals surface area contributed by atoms with Crippen LogP contribution in [0, 0.1) is 6.92 Å². The summed E-state index contributed by atoms with van der Waals surface area (Å²) >= 11 is 0. The Balaban J connectivity index is 0.00000196. The van der Waals surface area contributed by atoms with Crippen molar-refractivity contribution in [2.45, 2.75) is 13.3 Å². The lowest BCUT2D eigenvalue weighted by atomic mass is 9.99. The molecule has 0 aliphatic heterocycles. The van der Waals surface area contributed by atoms with Crippen LogP contribution in [-0.4, -0.2) is 19.5 Å². The van der Waals surface area contributed by atoms with E-state index in [2.05, 4.69) is 5.32 Å². The first-order valence-electron chi connectivity index (χ1n) is 4.74. The van der Waals surface area contributed by atoms with Crippen LogP contribution in [-0.2, 0) is 4.79 Å². The van der Waals surface area contributed by atoms with Crippen molar-refractivity contribution in [1.29, 1.82) is 0 Å². The van der Waals surface area contributed by atoms with Gasteiger partial charge < -0.3 is 5.32 Å². The zero-order valence-corrected chi connectivity index (χ0v) is 9.86. The molecular weight excluding hydrogens is 210 g/mol. The van der Waals surface area contributed by atoms with Crippen molar-refractivity contribution in [2.75, 3.05) is 13.6 Å². The standard InChI is InChI=1S/C12H15NO.ClH/c1-10-5-3-4-6-12(10)11(9-14)7-8-13-2;/h3-6,13H,7-8H2,1-2H3;1H. The van der Waals surface area contributed by atoms with E-state index >= 15 is 0 Å². The lowest BCUT2D eigenvalue weighted by molar-refractivity contribution is 0.568. The first kappa shape index (κ1) is 13.9. The van der Waals surface area contributed by atoms with Gasteiger partial charge in [0.1, 0.15) is 5.94 Å². The van der Waals surface area contributed by atoms with Gasteiger partial charge in [-0.1, -0.05) is 24.3 Å². The van der Waals surface area contributed by atoms with Gasteiger partial charge in [0.05, 0.1) is 0 Å². The van der Waals surface area contributed by atoms with Crippen molar-refractivity contribution < 1.29 is 4.79 Å². The van der Waals surface area contributed by atoms with Gasteiger partial charge in [-0.05, 0) is 38.1 Å². The minimum Gasteiger partial charge on any atom is -0.319 e. The molecular formula is C12H16ClNO. The smallest absolute Gasteiger partial charge is 0.128 e. The van der Waals surface area contributed by atoms with Gasteiger partial charge in [-0.3, -0.25) is 0 Å². The van der Waals surface area contributed by atoms with Crippen LogP contribution >= 0.6 is 12.4 Å². The molecule has 0 aliphatic carbocycles. The highest BCUT2D eigenvalue weighted by Crippen LogP contribution is 2.18. The predicted molar refractivity (Wildman–Crippen MR) is 66.1 cm³/mol. The molecule has 15 heavy (non-hydrogen) atoms. The van der Waals surface area contributed by atoms with Gasteiger partial charge in [0.15, 0.2) is 0 Å². The second-order valence-corrected chi connectivity index (χ2v) is 3.25. The number of halogens is 1. The molecule has 3 heteroatoms. The minimum absolute atomic E-state index is 0. The SMILES string of the molecule is CNCCC(=C=O)c1ccccc1C.Cl. The van der Waals surface area contributed by atoms with Crippen LogP contribution in [0.4, 0.5) is 0 Å². The Morgan fingerprint density at radius 1 is 1.40 bits per heavy atom. The van der Waals surface area contributed by atoms with Crippen molar-refractivity contribution in [1.82, 2.24) is 5.32 Å². The summed E-state index contributed by atoms with van der Waals surface area (Å²) in [6, 6.07) is 7.88. The van der Waals surface area contributed by atoms with Gasteiger partial charge in [-0.25, -0.2) is 4.79 Å². The van der Waals surface area contributed by atoms with Gasteiger partial charge >= 0.3 is 0 Å². The van der Waals surface area contributed by atoms with Crippen LogP contribution in [0.3, 0.4) is 0 Å². The molecule has 82 valence electrons. The van der Waals surface area contributed by atoms with Crippen molar-refractivity contribution >= 4 is 23.9 Å². The summed E-state index contributed by atoms with van der Waals surface area (Å²) in [5, 5.41) is 3.02. The second-order valence-electron chi connectivity index (χ2n) is 3.25. The lowest BCUT2D eigenvalue weighted by Gasteiger charge is -2.06. The largest absolute Gasteiger partial charge is 0.319 e. The maximum atomic E-state index is 10.8. The van der Waals surface area contributed by atoms with E-state index in [0.717, 1.165) is 29.7 Å². The number of rotatable bonds is 4. The van der Waals surface area contributed by atoms with E-state index in [-0.39, 0.29) is 12.4 Å². The second kappa shape index (κ2) is 7.24. The van der Waals surface area contributed by atoms with Crippen LogP contribution in [0.1, 0.15) is 17.5 Å². The van der Waals surface area contributed by atoms with Crippen molar-refractivity contribution in [3.05, 3.63) is 35.4 Å². The molecule has 1 N–H and O–H groups in total. The third kappa shape index (κ3) is 3.88. The lowest BCUT2D eigenvalue weighted by Crippen LogP contribution is -2.08. The van der Waals surface area contributed by atoms with Gasteiger partial charge in [0.2, 0.25) is 0 Å². The highest BCUT2D eigenvalue weighted by Gasteiger charge is 2.04. The molecule has 0 saturated carbocycles. The molecule has 0 amide bonds. The zero-order valence-electron chi connectivity index (χ0n) is 9.04. The van der Waals surface area contributed by atoms with E-state index in [9.17, 15) is 4.79 Å². The Morgan fingerprint density at radius 2 is 2.07 bits per heavy atom. The summed E-state index contributed by atoms with van der Waals surface area (Å²) in [7, 11) is 1.88. The van der Waals surface area contributed by atoms with Gasteiger partial charge in [0.25, 0.3) is 0 Å². The molecule has 0 spiro atoms. The highest BCUT2D eigenvalue weighted by atomic mass is 35.5. The normalized spacial score (nSPS) is 8.93. The molecule has 0 saturated heterocycles. The molecule has 0 unspecified atom stereocenters. The van der Waals surface area contributed by atoms with E-state index in [4.69, 9.17) is 0 Å². The monoisotopic (exact) mass is 225 g/mol. The maximum Gasteiger partial charge on any atom is 0.128 e. The summed E-state index contributed by atoms with van der Waals surface area (Å²) in [5.41, 5.74) is 2.89. The Bertz CT molecular complexity index is 356. The van der Waals surface area contributed by atoms with E-state index < -0.39 is 0 Å². The Hall–Kier alpha value is -1.08. The molecule has 0 atom stereocenters. The highest BCUT2D eigenvalue weighted by molar-refractivity contribution is 5.88. The molecule has 1 aromatic carbocycles. The predicted octanol–water partition coefficient (Wildman–Crippen LogP) is 2.24. The average molecular weight is 226 g/mol. The molecule has 1 aromatic rings. The molecule has 0 aliphatic rings. The third-order valence-corrected chi connectivity index (χ3v) is 2.22. The molecule has 0 bridgehead atoms. The Kier molecular flexibility index (Phi) is 6.72. The topological polar surface area (TPSA) is 29.1 Å². The molecule has 0 radical (unpaired) electrons. The molecule has 0 aromatic heterocycles. The third-order valence-electron chi connectivity index (χ3n) is 2.22. The molecule has 2 nitrogen and oxygen atoms in total. The first-order chi connectivity index (χ1) is 6.79. The van der Waals surface area contributed by atoms with Crippen LogP contribution in [0.25, 0.3) is 5.57 Å². The Labute approximate surface area is 96.8 Å². The number of benzene rings is 1. The van der Waals surface area contributed by atoms with Gasteiger partial charge in [0, 0.05) is 5.57 Å². The van der Waals surface area contributed by atoms with E-state index in [0.29, 0.717) is 0 Å². The van der Waals surface area contributed by atoms with Crippen LogP contribution in [0.5, 0.6) is 0 Å². The van der Waals surface area contributed by atoms with Gasteiger partial charge in [-0.15, -0.1) is 12.4 Å². The number of hydrogen-bond acceptors (Lipinski definition) is 2. The fourth-order valence-corrected chi connectivity index (χ4v) is 1.40. The molecule has 0 fully saturated rings. The zero-order chi connectivity index (χ0) is 10.4. The maximum absolute atomic E-state index is 10.8. The van der Waals surface area contributed by atoms with Crippen molar-refractivity contribution in [2.24, 2.45) is 0 Å². The number of carbonyl (C=O) groups excluding carboxylic acids is 1. The van der Waals surface area contributed by atoms with Crippen LogP contribution < -0.4 is 5.32 Å². The van der Waals surface area contributed by atoms with Crippen molar-refractivity contribution in [3.8, 4) is 0 Å². The number of hydrogen-bond donors (Lipinski definition) is 1. The Morgan fingerprint density at radius 3 is 2.60 bits per heavy atom. The van der Waals surface area contributed by atoms with Crippen LogP contribution in [0.2, 0.25) is 0 Å². The van der Waals surface area contributed by atoms with E-state index in [1.807, 2.05) is 44.2 Å². The fourth-order valence-electron chi connectivity index (χ4n) is 1.40. The first-order valence-corrected chi connectivity index (χ1v) is 4.74. The number of aryl methyl sites for hydroxylation is 1. The van der Waals surface area contributed by atoms with Crippen LogP contribution in [0.15, 0.2) is 24.3 Å². The number of nitrogens with one attached hydrogen (secondary N) is 1. The molecule has 1 rings (SSSR count).